The molecule has 0 saturated heterocycles. The molecular weight excluding hydrogens is 272 g/mol. The second-order valence-electron chi connectivity index (χ2n) is 4.53. The molecule has 1 aliphatic rings. The van der Waals surface area contributed by atoms with E-state index in [9.17, 15) is 19.5 Å². The van der Waals surface area contributed by atoms with E-state index in [-0.39, 0.29) is 11.3 Å². The van der Waals surface area contributed by atoms with Gasteiger partial charge in [0, 0.05) is 6.20 Å². The van der Waals surface area contributed by atoms with Crippen LogP contribution >= 0.6 is 0 Å². The zero-order chi connectivity index (χ0) is 15.0. The first-order valence-electron chi connectivity index (χ1n) is 6.22. The van der Waals surface area contributed by atoms with Crippen molar-refractivity contribution in [1.82, 2.24) is 9.88 Å². The van der Waals surface area contributed by atoms with E-state index in [4.69, 9.17) is 0 Å². The van der Waals surface area contributed by atoms with E-state index in [2.05, 4.69) is 4.98 Å². The standard InChI is InChI=1S/C15H10N2O4/c18-13-10-7-4-8-16-11(10)14(19)17(13)12(15(20)21)9-5-2-1-3-6-9/h1-8,12H,(H,20,21). The summed E-state index contributed by atoms with van der Waals surface area (Å²) < 4.78 is 0. The summed E-state index contributed by atoms with van der Waals surface area (Å²) in [5, 5.41) is 9.44. The van der Waals surface area contributed by atoms with Crippen molar-refractivity contribution >= 4 is 17.8 Å². The summed E-state index contributed by atoms with van der Waals surface area (Å²) in [5.74, 6) is -2.60. The Labute approximate surface area is 119 Å². The molecule has 1 unspecified atom stereocenters. The maximum atomic E-state index is 12.3. The number of carboxylic acid groups (broad SMARTS) is 1. The molecule has 0 saturated carbocycles. The summed E-state index contributed by atoms with van der Waals surface area (Å²) in [6.45, 7) is 0. The molecule has 0 bridgehead atoms. The highest BCUT2D eigenvalue weighted by Crippen LogP contribution is 2.30. The molecule has 1 aliphatic heterocycles. The Morgan fingerprint density at radius 1 is 1.05 bits per heavy atom. The van der Waals surface area contributed by atoms with Gasteiger partial charge in [-0.05, 0) is 17.7 Å². The van der Waals surface area contributed by atoms with Crippen molar-refractivity contribution < 1.29 is 19.5 Å². The molecule has 0 spiro atoms. The number of carbonyl (C=O) groups excluding carboxylic acids is 2. The van der Waals surface area contributed by atoms with Crippen molar-refractivity contribution in [3.05, 3.63) is 65.5 Å². The van der Waals surface area contributed by atoms with Crippen LogP contribution in [0.2, 0.25) is 0 Å². The number of pyridine rings is 1. The van der Waals surface area contributed by atoms with Gasteiger partial charge in [0.2, 0.25) is 0 Å². The van der Waals surface area contributed by atoms with Crippen LogP contribution in [0.25, 0.3) is 0 Å². The van der Waals surface area contributed by atoms with Gasteiger partial charge in [-0.3, -0.25) is 19.5 Å². The third kappa shape index (κ3) is 1.97. The third-order valence-electron chi connectivity index (χ3n) is 3.29. The second-order valence-corrected chi connectivity index (χ2v) is 4.53. The zero-order valence-corrected chi connectivity index (χ0v) is 10.8. The lowest BCUT2D eigenvalue weighted by Crippen LogP contribution is -2.38. The number of nitrogens with zero attached hydrogens (tertiary/aromatic N) is 2. The monoisotopic (exact) mass is 282 g/mol. The van der Waals surface area contributed by atoms with Gasteiger partial charge in [-0.2, -0.15) is 0 Å². The lowest BCUT2D eigenvalue weighted by Gasteiger charge is -2.22. The molecule has 3 rings (SSSR count). The SMILES string of the molecule is O=C(O)C(c1ccccc1)N1C(=O)c2cccnc2C1=O. The number of carbonyl (C=O) groups is 3. The Balaban J connectivity index is 2.09. The van der Waals surface area contributed by atoms with E-state index < -0.39 is 23.8 Å². The largest absolute Gasteiger partial charge is 0.479 e. The number of imide groups is 1. The molecule has 0 aliphatic carbocycles. The van der Waals surface area contributed by atoms with Crippen LogP contribution in [0.4, 0.5) is 0 Å². The highest BCUT2D eigenvalue weighted by molar-refractivity contribution is 6.21. The minimum Gasteiger partial charge on any atom is -0.479 e. The van der Waals surface area contributed by atoms with E-state index >= 15 is 0 Å². The molecule has 2 aromatic rings. The second kappa shape index (κ2) is 4.82. The molecule has 6 heteroatoms. The molecular formula is C15H10N2O4. The van der Waals surface area contributed by atoms with Crippen LogP contribution in [-0.4, -0.2) is 32.8 Å². The Morgan fingerprint density at radius 2 is 1.76 bits per heavy atom. The number of hydrogen-bond donors (Lipinski definition) is 1. The van der Waals surface area contributed by atoms with Crippen molar-refractivity contribution in [3.8, 4) is 0 Å². The lowest BCUT2D eigenvalue weighted by molar-refractivity contribution is -0.141. The van der Waals surface area contributed by atoms with Gasteiger partial charge in [0.05, 0.1) is 5.56 Å². The van der Waals surface area contributed by atoms with Gasteiger partial charge in [-0.1, -0.05) is 30.3 Å². The Bertz CT molecular complexity index is 707. The first-order chi connectivity index (χ1) is 10.1. The number of hydrogen-bond acceptors (Lipinski definition) is 4. The topological polar surface area (TPSA) is 87.6 Å². The predicted octanol–water partition coefficient (Wildman–Crippen LogP) is 1.50. The van der Waals surface area contributed by atoms with E-state index in [1.807, 2.05) is 0 Å². The average molecular weight is 282 g/mol. The Morgan fingerprint density at radius 3 is 2.38 bits per heavy atom. The molecule has 1 N–H and O–H groups in total. The van der Waals surface area contributed by atoms with E-state index in [1.54, 1.807) is 30.3 Å². The molecule has 1 aromatic heterocycles. The molecule has 2 heterocycles. The number of carboxylic acids is 1. The van der Waals surface area contributed by atoms with Crippen LogP contribution < -0.4 is 0 Å². The van der Waals surface area contributed by atoms with E-state index in [0.29, 0.717) is 5.56 Å². The Kier molecular flexibility index (Phi) is 2.98. The summed E-state index contributed by atoms with van der Waals surface area (Å²) in [5.41, 5.74) is 0.480. The summed E-state index contributed by atoms with van der Waals surface area (Å²) in [6, 6.07) is 9.81. The molecule has 1 atom stereocenters. The van der Waals surface area contributed by atoms with Crippen molar-refractivity contribution in [2.24, 2.45) is 0 Å². The number of fused-ring (bicyclic) bond motifs is 1. The van der Waals surface area contributed by atoms with Crippen LogP contribution in [0.3, 0.4) is 0 Å². The highest BCUT2D eigenvalue weighted by atomic mass is 16.4. The molecule has 21 heavy (non-hydrogen) atoms. The van der Waals surface area contributed by atoms with Crippen molar-refractivity contribution in [2.75, 3.05) is 0 Å². The van der Waals surface area contributed by atoms with Gasteiger partial charge >= 0.3 is 5.97 Å². The average Bonchev–Trinajstić information content (AvgIpc) is 2.74. The van der Waals surface area contributed by atoms with Crippen LogP contribution in [0.1, 0.15) is 32.5 Å². The maximum Gasteiger partial charge on any atom is 0.331 e. The van der Waals surface area contributed by atoms with E-state index in [1.165, 1.54) is 18.3 Å². The van der Waals surface area contributed by atoms with Crippen LogP contribution in [-0.2, 0) is 4.79 Å². The number of benzene rings is 1. The van der Waals surface area contributed by atoms with Crippen LogP contribution in [0.5, 0.6) is 0 Å². The minimum atomic E-state index is -1.36. The smallest absolute Gasteiger partial charge is 0.331 e. The van der Waals surface area contributed by atoms with Crippen LogP contribution in [0, 0.1) is 0 Å². The highest BCUT2D eigenvalue weighted by Gasteiger charge is 2.44. The van der Waals surface area contributed by atoms with Crippen LogP contribution in [0.15, 0.2) is 48.7 Å². The van der Waals surface area contributed by atoms with Gasteiger partial charge < -0.3 is 5.11 Å². The molecule has 0 fully saturated rings. The van der Waals surface area contributed by atoms with E-state index in [0.717, 1.165) is 4.90 Å². The molecule has 0 radical (unpaired) electrons. The molecule has 1 aromatic carbocycles. The van der Waals surface area contributed by atoms with Crippen molar-refractivity contribution in [2.45, 2.75) is 6.04 Å². The van der Waals surface area contributed by atoms with Gasteiger partial charge in [-0.25, -0.2) is 4.79 Å². The Hall–Kier alpha value is -3.02. The number of aromatic nitrogens is 1. The molecule has 104 valence electrons. The third-order valence-corrected chi connectivity index (χ3v) is 3.29. The summed E-state index contributed by atoms with van der Waals surface area (Å²) in [4.78, 5) is 40.8. The van der Waals surface area contributed by atoms with Gasteiger partial charge in [0.15, 0.2) is 6.04 Å². The fourth-order valence-corrected chi connectivity index (χ4v) is 2.36. The minimum absolute atomic E-state index is 0.00955. The first kappa shape index (κ1) is 13.0. The molecule has 6 nitrogen and oxygen atoms in total. The van der Waals surface area contributed by atoms with Gasteiger partial charge in [-0.15, -0.1) is 0 Å². The predicted molar refractivity (Wildman–Crippen MR) is 71.6 cm³/mol. The fourth-order valence-electron chi connectivity index (χ4n) is 2.36. The maximum absolute atomic E-state index is 12.3. The number of amides is 2. The summed E-state index contributed by atoms with van der Waals surface area (Å²) in [6.07, 6.45) is 1.39. The number of aliphatic carboxylic acids is 1. The zero-order valence-electron chi connectivity index (χ0n) is 10.8. The summed E-state index contributed by atoms with van der Waals surface area (Å²) in [7, 11) is 0. The first-order valence-corrected chi connectivity index (χ1v) is 6.22. The van der Waals surface area contributed by atoms with Crippen molar-refractivity contribution in [3.63, 3.8) is 0 Å². The molecule has 2 amide bonds. The van der Waals surface area contributed by atoms with Crippen molar-refractivity contribution in [1.29, 1.82) is 0 Å². The van der Waals surface area contributed by atoms with Gasteiger partial charge in [0.1, 0.15) is 5.69 Å². The lowest BCUT2D eigenvalue weighted by atomic mass is 10.1. The fraction of sp³-hybridized carbons (Fsp3) is 0.0667. The quantitative estimate of drug-likeness (QED) is 0.862. The number of rotatable bonds is 3. The summed E-state index contributed by atoms with van der Waals surface area (Å²) >= 11 is 0. The normalized spacial score (nSPS) is 15.0. The van der Waals surface area contributed by atoms with Gasteiger partial charge in [0.25, 0.3) is 11.8 Å².